The van der Waals surface area contributed by atoms with Crippen molar-refractivity contribution in [3.05, 3.63) is 58.1 Å². The predicted octanol–water partition coefficient (Wildman–Crippen LogP) is 4.29. The molecule has 0 aliphatic carbocycles. The molecule has 0 amide bonds. The van der Waals surface area contributed by atoms with Crippen molar-refractivity contribution in [3.63, 3.8) is 0 Å². The molecule has 0 radical (unpaired) electrons. The number of aliphatic hydroxyl groups excluding tert-OH is 1. The van der Waals surface area contributed by atoms with Crippen LogP contribution in [0, 0.1) is 0 Å². The molecular weight excluding hydrogens is 382 g/mol. The van der Waals surface area contributed by atoms with Crippen molar-refractivity contribution >= 4 is 15.9 Å². The highest BCUT2D eigenvalue weighted by Crippen LogP contribution is 2.34. The fourth-order valence-corrected chi connectivity index (χ4v) is 2.88. The van der Waals surface area contributed by atoms with Gasteiger partial charge in [-0.15, -0.1) is 0 Å². The molecule has 2 N–H and O–H groups in total. The number of aliphatic hydroxyl groups is 1. The van der Waals surface area contributed by atoms with Crippen LogP contribution in [0.25, 0.3) is 0 Å². The molecule has 0 unspecified atom stereocenters. The molecule has 2 aromatic carbocycles. The second-order valence-electron chi connectivity index (χ2n) is 5.71. The highest BCUT2D eigenvalue weighted by atomic mass is 79.9. The molecule has 0 spiro atoms. The summed E-state index contributed by atoms with van der Waals surface area (Å²) in [6.07, 6.45) is 1.79. The van der Waals surface area contributed by atoms with Gasteiger partial charge in [0.25, 0.3) is 0 Å². The van der Waals surface area contributed by atoms with Crippen molar-refractivity contribution in [2.24, 2.45) is 0 Å². The minimum Gasteiger partial charge on any atom is -0.490 e. The lowest BCUT2D eigenvalue weighted by Gasteiger charge is -2.15. The van der Waals surface area contributed by atoms with Crippen LogP contribution in [0.4, 0.5) is 0 Å². The van der Waals surface area contributed by atoms with Crippen molar-refractivity contribution in [3.8, 4) is 11.5 Å². The van der Waals surface area contributed by atoms with Crippen molar-refractivity contribution in [2.45, 2.75) is 32.9 Å². The summed E-state index contributed by atoms with van der Waals surface area (Å²) in [5.74, 6) is 1.50. The molecule has 0 saturated carbocycles. The van der Waals surface area contributed by atoms with Crippen LogP contribution in [0.15, 0.2) is 46.9 Å². The molecule has 4 nitrogen and oxygen atoms in total. The molecule has 0 atom stereocenters. The Balaban J connectivity index is 2.02. The number of ether oxygens (including phenoxy) is 2. The first-order chi connectivity index (χ1) is 12.2. The van der Waals surface area contributed by atoms with Crippen molar-refractivity contribution in [1.82, 2.24) is 5.32 Å². The van der Waals surface area contributed by atoms with Crippen LogP contribution in [-0.4, -0.2) is 24.9 Å². The van der Waals surface area contributed by atoms with E-state index < -0.39 is 0 Å². The van der Waals surface area contributed by atoms with Gasteiger partial charge in [0.2, 0.25) is 0 Å². The molecule has 2 aromatic rings. The number of unbranched alkanes of at least 4 members (excludes halogenated alkanes) is 1. The van der Waals surface area contributed by atoms with E-state index in [-0.39, 0.29) is 6.61 Å². The minimum atomic E-state index is 0.243. The molecule has 25 heavy (non-hydrogen) atoms. The summed E-state index contributed by atoms with van der Waals surface area (Å²) in [7, 11) is 0. The molecular formula is C20H26BrNO3. The minimum absolute atomic E-state index is 0.243. The zero-order valence-corrected chi connectivity index (χ0v) is 16.2. The monoisotopic (exact) mass is 407 g/mol. The SMILES string of the molecule is CCOc1cc(CNCCCCO)c(Br)cc1OCc1ccccc1. The third-order valence-electron chi connectivity index (χ3n) is 3.73. The molecule has 0 saturated heterocycles. The van der Waals surface area contributed by atoms with Crippen LogP contribution in [0.1, 0.15) is 30.9 Å². The van der Waals surface area contributed by atoms with Crippen LogP contribution in [0.5, 0.6) is 11.5 Å². The van der Waals surface area contributed by atoms with Crippen LogP contribution < -0.4 is 14.8 Å². The predicted molar refractivity (Wildman–Crippen MR) is 104 cm³/mol. The van der Waals surface area contributed by atoms with Gasteiger partial charge in [0, 0.05) is 17.6 Å². The smallest absolute Gasteiger partial charge is 0.162 e. The van der Waals surface area contributed by atoms with Gasteiger partial charge in [-0.3, -0.25) is 0 Å². The Morgan fingerprint density at radius 2 is 1.80 bits per heavy atom. The van der Waals surface area contributed by atoms with E-state index in [4.69, 9.17) is 14.6 Å². The van der Waals surface area contributed by atoms with E-state index in [1.807, 2.05) is 49.4 Å². The van der Waals surface area contributed by atoms with Gasteiger partial charge in [0.15, 0.2) is 11.5 Å². The highest BCUT2D eigenvalue weighted by Gasteiger charge is 2.11. The number of hydrogen-bond donors (Lipinski definition) is 2. The maximum absolute atomic E-state index is 8.82. The van der Waals surface area contributed by atoms with Gasteiger partial charge in [0.1, 0.15) is 6.61 Å². The highest BCUT2D eigenvalue weighted by molar-refractivity contribution is 9.10. The Kier molecular flexibility index (Phi) is 8.80. The number of rotatable bonds is 11. The van der Waals surface area contributed by atoms with Gasteiger partial charge in [-0.2, -0.15) is 0 Å². The summed E-state index contributed by atoms with van der Waals surface area (Å²) < 4.78 is 12.7. The number of nitrogens with one attached hydrogen (secondary N) is 1. The van der Waals surface area contributed by atoms with Gasteiger partial charge in [-0.1, -0.05) is 46.3 Å². The van der Waals surface area contributed by atoms with Gasteiger partial charge in [-0.05, 0) is 49.6 Å². The zero-order chi connectivity index (χ0) is 17.9. The average molecular weight is 408 g/mol. The lowest BCUT2D eigenvalue weighted by Crippen LogP contribution is -2.15. The third-order valence-corrected chi connectivity index (χ3v) is 4.47. The quantitative estimate of drug-likeness (QED) is 0.545. The lowest BCUT2D eigenvalue weighted by molar-refractivity contribution is 0.269. The number of hydrogen-bond acceptors (Lipinski definition) is 4. The first kappa shape index (κ1) is 19.8. The zero-order valence-electron chi connectivity index (χ0n) is 14.6. The third kappa shape index (κ3) is 6.69. The van der Waals surface area contributed by atoms with E-state index in [0.717, 1.165) is 53.0 Å². The first-order valence-electron chi connectivity index (χ1n) is 8.68. The van der Waals surface area contributed by atoms with Crippen molar-refractivity contribution < 1.29 is 14.6 Å². The normalized spacial score (nSPS) is 10.7. The molecule has 0 aliphatic rings. The summed E-state index contributed by atoms with van der Waals surface area (Å²) in [4.78, 5) is 0. The van der Waals surface area contributed by atoms with Crippen LogP contribution >= 0.6 is 15.9 Å². The van der Waals surface area contributed by atoms with E-state index in [1.54, 1.807) is 0 Å². The Morgan fingerprint density at radius 3 is 2.52 bits per heavy atom. The van der Waals surface area contributed by atoms with Gasteiger partial charge < -0.3 is 19.9 Å². The fraction of sp³-hybridized carbons (Fsp3) is 0.400. The van der Waals surface area contributed by atoms with E-state index in [2.05, 4.69) is 21.2 Å². The van der Waals surface area contributed by atoms with Gasteiger partial charge in [-0.25, -0.2) is 0 Å². The van der Waals surface area contributed by atoms with Crippen LogP contribution in [0.2, 0.25) is 0 Å². The summed E-state index contributed by atoms with van der Waals surface area (Å²) >= 11 is 3.63. The number of benzene rings is 2. The van der Waals surface area contributed by atoms with Gasteiger partial charge >= 0.3 is 0 Å². The van der Waals surface area contributed by atoms with E-state index in [1.165, 1.54) is 0 Å². The lowest BCUT2D eigenvalue weighted by atomic mass is 10.2. The Labute approximate surface area is 158 Å². The number of halogens is 1. The summed E-state index contributed by atoms with van der Waals surface area (Å²) in [6, 6.07) is 14.1. The van der Waals surface area contributed by atoms with Crippen LogP contribution in [-0.2, 0) is 13.2 Å². The second-order valence-corrected chi connectivity index (χ2v) is 6.56. The Hall–Kier alpha value is -1.56. The summed E-state index contributed by atoms with van der Waals surface area (Å²) in [5.41, 5.74) is 2.25. The molecule has 5 heteroatoms. The Bertz CT molecular complexity index is 634. The molecule has 0 aliphatic heterocycles. The molecule has 0 heterocycles. The van der Waals surface area contributed by atoms with E-state index >= 15 is 0 Å². The van der Waals surface area contributed by atoms with Crippen molar-refractivity contribution in [2.75, 3.05) is 19.8 Å². The Morgan fingerprint density at radius 1 is 1.04 bits per heavy atom. The largest absolute Gasteiger partial charge is 0.490 e. The average Bonchev–Trinajstić information content (AvgIpc) is 2.63. The van der Waals surface area contributed by atoms with E-state index in [9.17, 15) is 0 Å². The topological polar surface area (TPSA) is 50.7 Å². The standard InChI is InChI=1S/C20H26BrNO3/c1-2-24-19-12-17(14-22-10-6-7-11-23)18(21)13-20(19)25-15-16-8-4-3-5-9-16/h3-5,8-9,12-13,22-23H,2,6-7,10-11,14-15H2,1H3. The van der Waals surface area contributed by atoms with Crippen LogP contribution in [0.3, 0.4) is 0 Å². The summed E-state index contributed by atoms with van der Waals surface area (Å²) in [6.45, 7) is 4.93. The van der Waals surface area contributed by atoms with Gasteiger partial charge in [0.05, 0.1) is 6.61 Å². The molecule has 136 valence electrons. The van der Waals surface area contributed by atoms with Crippen molar-refractivity contribution in [1.29, 1.82) is 0 Å². The molecule has 0 fully saturated rings. The maximum atomic E-state index is 8.82. The summed E-state index contributed by atoms with van der Waals surface area (Å²) in [5, 5.41) is 12.2. The maximum Gasteiger partial charge on any atom is 0.162 e. The molecule has 0 bridgehead atoms. The first-order valence-corrected chi connectivity index (χ1v) is 9.47. The molecule has 2 rings (SSSR count). The second kappa shape index (κ2) is 11.1. The van der Waals surface area contributed by atoms with E-state index in [0.29, 0.717) is 13.2 Å². The fourth-order valence-electron chi connectivity index (χ4n) is 2.41. The molecule has 0 aromatic heterocycles.